The Labute approximate surface area is 97.0 Å². The summed E-state index contributed by atoms with van der Waals surface area (Å²) in [5.41, 5.74) is 0.839. The summed E-state index contributed by atoms with van der Waals surface area (Å²) < 4.78 is 11.1. The average molecular weight is 224 g/mol. The van der Waals surface area contributed by atoms with Crippen LogP contribution in [0.4, 0.5) is 0 Å². The fraction of sp³-hybridized carbons (Fsp3) is 0.538. The summed E-state index contributed by atoms with van der Waals surface area (Å²) in [6.07, 6.45) is 2.14. The van der Waals surface area contributed by atoms with Gasteiger partial charge >= 0.3 is 0 Å². The topological polar surface area (TPSA) is 38.7 Å². The maximum atomic E-state index is 9.04. The van der Waals surface area contributed by atoms with Crippen LogP contribution in [0.3, 0.4) is 0 Å². The number of aliphatic hydroxyl groups is 1. The van der Waals surface area contributed by atoms with Gasteiger partial charge in [0.05, 0.1) is 19.8 Å². The summed E-state index contributed by atoms with van der Waals surface area (Å²) in [6, 6.07) is 5.53. The molecule has 0 heterocycles. The van der Waals surface area contributed by atoms with Gasteiger partial charge in [-0.3, -0.25) is 0 Å². The molecule has 90 valence electrons. The zero-order valence-corrected chi connectivity index (χ0v) is 10.0. The van der Waals surface area contributed by atoms with Crippen molar-refractivity contribution in [3.8, 4) is 11.5 Å². The third-order valence-electron chi connectivity index (χ3n) is 2.25. The van der Waals surface area contributed by atoms with E-state index in [1.807, 2.05) is 25.1 Å². The van der Waals surface area contributed by atoms with Gasteiger partial charge in [0.15, 0.2) is 11.5 Å². The molecule has 0 amide bonds. The molecule has 1 rings (SSSR count). The van der Waals surface area contributed by atoms with Gasteiger partial charge in [-0.1, -0.05) is 19.4 Å². The number of ether oxygens (including phenoxy) is 2. The van der Waals surface area contributed by atoms with Gasteiger partial charge in [-0.05, 0) is 31.0 Å². The second-order valence-corrected chi connectivity index (χ2v) is 3.57. The molecule has 0 saturated heterocycles. The lowest BCUT2D eigenvalue weighted by Gasteiger charge is -2.12. The average Bonchev–Trinajstić information content (AvgIpc) is 2.31. The molecule has 16 heavy (non-hydrogen) atoms. The summed E-state index contributed by atoms with van der Waals surface area (Å²) in [5, 5.41) is 9.04. The van der Waals surface area contributed by atoms with Crippen molar-refractivity contribution >= 4 is 0 Å². The van der Waals surface area contributed by atoms with Gasteiger partial charge in [-0.15, -0.1) is 0 Å². The van der Waals surface area contributed by atoms with Crippen LogP contribution in [0.1, 0.15) is 32.3 Å². The van der Waals surface area contributed by atoms with E-state index in [2.05, 4.69) is 6.92 Å². The second kappa shape index (κ2) is 7.12. The van der Waals surface area contributed by atoms with Gasteiger partial charge in [-0.25, -0.2) is 0 Å². The predicted octanol–water partition coefficient (Wildman–Crippen LogP) is 2.76. The quantitative estimate of drug-likeness (QED) is 0.724. The van der Waals surface area contributed by atoms with Gasteiger partial charge in [0.1, 0.15) is 0 Å². The highest BCUT2D eigenvalue weighted by molar-refractivity contribution is 5.42. The minimum Gasteiger partial charge on any atom is -0.490 e. The fourth-order valence-corrected chi connectivity index (χ4v) is 1.36. The van der Waals surface area contributed by atoms with E-state index in [1.165, 1.54) is 0 Å². The first-order valence-electron chi connectivity index (χ1n) is 5.81. The Morgan fingerprint density at radius 3 is 2.56 bits per heavy atom. The van der Waals surface area contributed by atoms with E-state index >= 15 is 0 Å². The molecular formula is C13H20O3. The van der Waals surface area contributed by atoms with Crippen LogP contribution in [0, 0.1) is 0 Å². The third-order valence-corrected chi connectivity index (χ3v) is 2.25. The van der Waals surface area contributed by atoms with E-state index in [9.17, 15) is 0 Å². The highest BCUT2D eigenvalue weighted by atomic mass is 16.5. The molecule has 0 aliphatic heterocycles. The van der Waals surface area contributed by atoms with Gasteiger partial charge in [0, 0.05) is 0 Å². The molecule has 0 saturated carbocycles. The molecule has 0 unspecified atom stereocenters. The van der Waals surface area contributed by atoms with Crippen molar-refractivity contribution in [2.45, 2.75) is 33.3 Å². The minimum atomic E-state index is 0.0231. The van der Waals surface area contributed by atoms with Crippen LogP contribution in [0.5, 0.6) is 11.5 Å². The Balaban J connectivity index is 2.72. The molecule has 0 aliphatic carbocycles. The molecule has 0 radical (unpaired) electrons. The fourth-order valence-electron chi connectivity index (χ4n) is 1.36. The van der Waals surface area contributed by atoms with E-state index in [-0.39, 0.29) is 6.61 Å². The maximum absolute atomic E-state index is 9.04. The van der Waals surface area contributed by atoms with Crippen molar-refractivity contribution in [1.82, 2.24) is 0 Å². The zero-order valence-electron chi connectivity index (χ0n) is 10.0. The number of rotatable bonds is 7. The normalized spacial score (nSPS) is 10.2. The largest absolute Gasteiger partial charge is 0.490 e. The third kappa shape index (κ3) is 3.74. The van der Waals surface area contributed by atoms with Crippen LogP contribution in [0.25, 0.3) is 0 Å². The van der Waals surface area contributed by atoms with E-state index in [4.69, 9.17) is 14.6 Å². The van der Waals surface area contributed by atoms with E-state index in [0.717, 1.165) is 24.2 Å². The molecule has 1 N–H and O–H groups in total. The molecule has 3 heteroatoms. The van der Waals surface area contributed by atoms with Gasteiger partial charge in [0.25, 0.3) is 0 Å². The number of unbranched alkanes of at least 4 members (excludes halogenated alkanes) is 1. The highest BCUT2D eigenvalue weighted by Gasteiger charge is 2.05. The summed E-state index contributed by atoms with van der Waals surface area (Å²) in [5.74, 6) is 1.47. The molecular weight excluding hydrogens is 204 g/mol. The first-order chi connectivity index (χ1) is 7.81. The van der Waals surface area contributed by atoms with Crippen molar-refractivity contribution in [2.24, 2.45) is 0 Å². The first-order valence-corrected chi connectivity index (χ1v) is 5.81. The maximum Gasteiger partial charge on any atom is 0.161 e. The molecule has 0 aromatic heterocycles. The summed E-state index contributed by atoms with van der Waals surface area (Å²) >= 11 is 0. The molecule has 0 spiro atoms. The van der Waals surface area contributed by atoms with Crippen LogP contribution >= 0.6 is 0 Å². The second-order valence-electron chi connectivity index (χ2n) is 3.57. The summed E-state index contributed by atoms with van der Waals surface area (Å²) in [6.45, 7) is 5.38. The van der Waals surface area contributed by atoms with Crippen molar-refractivity contribution in [2.75, 3.05) is 13.2 Å². The number of hydrogen-bond donors (Lipinski definition) is 1. The molecule has 0 bridgehead atoms. The van der Waals surface area contributed by atoms with Crippen LogP contribution in [0.15, 0.2) is 18.2 Å². The van der Waals surface area contributed by atoms with E-state index in [1.54, 1.807) is 0 Å². The van der Waals surface area contributed by atoms with Crippen molar-refractivity contribution in [1.29, 1.82) is 0 Å². The van der Waals surface area contributed by atoms with Crippen LogP contribution in [0.2, 0.25) is 0 Å². The molecule has 1 aromatic carbocycles. The predicted molar refractivity (Wildman–Crippen MR) is 63.9 cm³/mol. The van der Waals surface area contributed by atoms with Crippen LogP contribution in [-0.4, -0.2) is 18.3 Å². The van der Waals surface area contributed by atoms with Gasteiger partial charge in [-0.2, -0.15) is 0 Å². The highest BCUT2D eigenvalue weighted by Crippen LogP contribution is 2.28. The lowest BCUT2D eigenvalue weighted by atomic mass is 10.2. The molecule has 3 nitrogen and oxygen atoms in total. The SMILES string of the molecule is CCCCOc1ccc(CO)cc1OCC. The standard InChI is InChI=1S/C13H20O3/c1-3-5-8-16-12-7-6-11(10-14)9-13(12)15-4-2/h6-7,9,14H,3-5,8,10H2,1-2H3. The van der Waals surface area contributed by atoms with Gasteiger partial charge in [0.2, 0.25) is 0 Å². The molecule has 0 fully saturated rings. The Bertz CT molecular complexity index is 310. The van der Waals surface area contributed by atoms with Crippen molar-refractivity contribution in [3.63, 3.8) is 0 Å². The van der Waals surface area contributed by atoms with Gasteiger partial charge < -0.3 is 14.6 Å². The van der Waals surface area contributed by atoms with E-state index in [0.29, 0.717) is 19.0 Å². The molecule has 1 aromatic rings. The Morgan fingerprint density at radius 1 is 1.12 bits per heavy atom. The number of hydrogen-bond acceptors (Lipinski definition) is 3. The zero-order chi connectivity index (χ0) is 11.8. The number of aliphatic hydroxyl groups excluding tert-OH is 1. The smallest absolute Gasteiger partial charge is 0.161 e. The van der Waals surface area contributed by atoms with Crippen molar-refractivity contribution < 1.29 is 14.6 Å². The first kappa shape index (κ1) is 12.8. The molecule has 0 aliphatic rings. The number of benzene rings is 1. The Morgan fingerprint density at radius 2 is 1.94 bits per heavy atom. The monoisotopic (exact) mass is 224 g/mol. The molecule has 0 atom stereocenters. The van der Waals surface area contributed by atoms with Crippen LogP contribution in [-0.2, 0) is 6.61 Å². The lowest BCUT2D eigenvalue weighted by Crippen LogP contribution is -2.01. The Hall–Kier alpha value is -1.22. The van der Waals surface area contributed by atoms with Crippen molar-refractivity contribution in [3.05, 3.63) is 23.8 Å². The van der Waals surface area contributed by atoms with Crippen LogP contribution < -0.4 is 9.47 Å². The van der Waals surface area contributed by atoms with E-state index < -0.39 is 0 Å². The Kier molecular flexibility index (Phi) is 5.72. The summed E-state index contributed by atoms with van der Waals surface area (Å²) in [4.78, 5) is 0. The lowest BCUT2D eigenvalue weighted by molar-refractivity contribution is 0.266. The minimum absolute atomic E-state index is 0.0231. The summed E-state index contributed by atoms with van der Waals surface area (Å²) in [7, 11) is 0.